The highest BCUT2D eigenvalue weighted by Crippen LogP contribution is 2.33. The Morgan fingerprint density at radius 1 is 1.00 bits per heavy atom. The monoisotopic (exact) mass is 485 g/mol. The van der Waals surface area contributed by atoms with Gasteiger partial charge in [0, 0.05) is 6.07 Å². The largest absolute Gasteiger partial charge is 0.493 e. The van der Waals surface area contributed by atoms with Crippen molar-refractivity contribution in [3.8, 4) is 11.5 Å². The third-order valence-corrected chi connectivity index (χ3v) is 6.61. The van der Waals surface area contributed by atoms with Crippen LogP contribution in [-0.4, -0.2) is 41.3 Å². The van der Waals surface area contributed by atoms with E-state index in [4.69, 9.17) is 9.47 Å². The second-order valence-electron chi connectivity index (χ2n) is 7.21. The molecule has 0 aromatic heterocycles. The van der Waals surface area contributed by atoms with Gasteiger partial charge in [-0.05, 0) is 48.9 Å². The number of carbonyl (C=O) groups is 1. The van der Waals surface area contributed by atoms with Crippen LogP contribution in [0.25, 0.3) is 0 Å². The van der Waals surface area contributed by atoms with E-state index in [0.717, 1.165) is 9.87 Å². The topological polar surface area (TPSA) is 97.3 Å². The third kappa shape index (κ3) is 5.90. The first-order valence-electron chi connectivity index (χ1n) is 10.1. The first kappa shape index (κ1) is 24.7. The Kier molecular flexibility index (Phi) is 7.85. The van der Waals surface area contributed by atoms with Gasteiger partial charge in [-0.3, -0.25) is 9.10 Å². The molecule has 3 aromatic carbocycles. The molecule has 1 N–H and O–H groups in total. The van der Waals surface area contributed by atoms with Gasteiger partial charge in [0.1, 0.15) is 12.4 Å². The van der Waals surface area contributed by atoms with E-state index in [2.05, 4.69) is 10.5 Å². The summed E-state index contributed by atoms with van der Waals surface area (Å²) in [6.07, 6.45) is 1.33. The molecule has 0 aliphatic carbocycles. The van der Waals surface area contributed by atoms with Gasteiger partial charge in [0.15, 0.2) is 11.5 Å². The number of aryl methyl sites for hydroxylation is 1. The van der Waals surface area contributed by atoms with Crippen LogP contribution >= 0.6 is 0 Å². The van der Waals surface area contributed by atoms with Gasteiger partial charge in [-0.25, -0.2) is 18.2 Å². The molecule has 0 saturated heterocycles. The number of hydrogen-bond acceptors (Lipinski definition) is 6. The Balaban J connectivity index is 1.90. The van der Waals surface area contributed by atoms with Gasteiger partial charge in [0.05, 0.1) is 31.0 Å². The Bertz CT molecular complexity index is 1280. The zero-order chi connectivity index (χ0) is 24.7. The summed E-state index contributed by atoms with van der Waals surface area (Å²) in [5.41, 5.74) is 3.96. The molecule has 1 amide bonds. The number of nitrogens with zero attached hydrogens (tertiary/aromatic N) is 2. The van der Waals surface area contributed by atoms with E-state index in [1.807, 2.05) is 6.92 Å². The van der Waals surface area contributed by atoms with Gasteiger partial charge >= 0.3 is 0 Å². The molecule has 0 aliphatic rings. The molecule has 34 heavy (non-hydrogen) atoms. The fraction of sp³-hybridized carbons (Fsp3) is 0.167. The third-order valence-electron chi connectivity index (χ3n) is 4.82. The minimum atomic E-state index is -4.11. The van der Waals surface area contributed by atoms with Crippen molar-refractivity contribution in [1.29, 1.82) is 0 Å². The number of rotatable bonds is 9. The van der Waals surface area contributed by atoms with Crippen LogP contribution in [0.4, 0.5) is 10.1 Å². The molecule has 0 aliphatic heterocycles. The fourth-order valence-electron chi connectivity index (χ4n) is 3.03. The molecule has 0 fully saturated rings. The van der Waals surface area contributed by atoms with Crippen LogP contribution in [0.2, 0.25) is 0 Å². The summed E-state index contributed by atoms with van der Waals surface area (Å²) < 4.78 is 51.4. The molecule has 178 valence electrons. The number of halogens is 1. The van der Waals surface area contributed by atoms with Gasteiger partial charge < -0.3 is 9.47 Å². The van der Waals surface area contributed by atoms with Crippen LogP contribution < -0.4 is 19.2 Å². The van der Waals surface area contributed by atoms with Crippen molar-refractivity contribution in [1.82, 2.24) is 5.43 Å². The SMILES string of the molecule is COc1ccc(N(CC(=O)N/N=C\c2ccc(F)cc2)S(=O)(=O)c2ccc(C)cc2)cc1OC. The van der Waals surface area contributed by atoms with E-state index in [1.165, 1.54) is 69.0 Å². The zero-order valence-electron chi connectivity index (χ0n) is 18.9. The summed E-state index contributed by atoms with van der Waals surface area (Å²) in [7, 11) is -1.22. The number of methoxy groups -OCH3 is 2. The van der Waals surface area contributed by atoms with E-state index in [1.54, 1.807) is 18.2 Å². The lowest BCUT2D eigenvalue weighted by Gasteiger charge is -2.24. The Hall–Kier alpha value is -3.92. The van der Waals surface area contributed by atoms with Gasteiger partial charge in [-0.15, -0.1) is 0 Å². The van der Waals surface area contributed by atoms with Crippen LogP contribution in [0.3, 0.4) is 0 Å². The normalized spacial score (nSPS) is 11.3. The van der Waals surface area contributed by atoms with Gasteiger partial charge in [-0.1, -0.05) is 29.8 Å². The standard InChI is InChI=1S/C24H24FN3O5S/c1-17-4-11-21(12-5-17)34(30,31)28(20-10-13-22(32-2)23(14-20)33-3)16-24(29)27-26-15-18-6-8-19(25)9-7-18/h4-15H,16H2,1-3H3,(H,27,29)/b26-15-. The van der Waals surface area contributed by atoms with E-state index in [9.17, 15) is 17.6 Å². The van der Waals surface area contributed by atoms with Crippen LogP contribution in [0.5, 0.6) is 11.5 Å². The highest BCUT2D eigenvalue weighted by Gasteiger charge is 2.28. The number of hydrazone groups is 1. The smallest absolute Gasteiger partial charge is 0.264 e. The molecule has 3 aromatic rings. The number of nitrogens with one attached hydrogen (secondary N) is 1. The lowest BCUT2D eigenvalue weighted by Crippen LogP contribution is -2.39. The lowest BCUT2D eigenvalue weighted by atomic mass is 10.2. The molecule has 0 bridgehead atoms. The summed E-state index contributed by atoms with van der Waals surface area (Å²) in [6.45, 7) is 1.29. The number of hydrogen-bond donors (Lipinski definition) is 1. The van der Waals surface area contributed by atoms with E-state index < -0.39 is 28.3 Å². The van der Waals surface area contributed by atoms with Crippen LogP contribution in [0.1, 0.15) is 11.1 Å². The number of anilines is 1. The van der Waals surface area contributed by atoms with Gasteiger partial charge in [-0.2, -0.15) is 5.10 Å². The summed E-state index contributed by atoms with van der Waals surface area (Å²) in [4.78, 5) is 12.7. The molecule has 0 heterocycles. The summed E-state index contributed by atoms with van der Waals surface area (Å²) in [5.74, 6) is -0.358. The second kappa shape index (κ2) is 10.8. The fourth-order valence-corrected chi connectivity index (χ4v) is 4.44. The van der Waals surface area contributed by atoms with Crippen LogP contribution in [0.15, 0.2) is 76.7 Å². The zero-order valence-corrected chi connectivity index (χ0v) is 19.7. The molecule has 0 spiro atoms. The number of benzene rings is 3. The molecule has 0 atom stereocenters. The van der Waals surface area contributed by atoms with Crippen molar-refractivity contribution in [2.45, 2.75) is 11.8 Å². The average Bonchev–Trinajstić information content (AvgIpc) is 2.83. The van der Waals surface area contributed by atoms with Gasteiger partial charge in [0.2, 0.25) is 0 Å². The van der Waals surface area contributed by atoms with E-state index >= 15 is 0 Å². The quantitative estimate of drug-likeness (QED) is 0.370. The molecule has 3 rings (SSSR count). The first-order valence-corrected chi connectivity index (χ1v) is 11.6. The van der Waals surface area contributed by atoms with Crippen LogP contribution in [0, 0.1) is 12.7 Å². The summed E-state index contributed by atoms with van der Waals surface area (Å²) in [5, 5.41) is 3.83. The maximum atomic E-state index is 13.5. The minimum Gasteiger partial charge on any atom is -0.493 e. The first-order chi connectivity index (χ1) is 16.2. The van der Waals surface area contributed by atoms with Crippen molar-refractivity contribution < 1.29 is 27.1 Å². The highest BCUT2D eigenvalue weighted by atomic mass is 32.2. The molecule has 10 heteroatoms. The number of carbonyl (C=O) groups excluding carboxylic acids is 1. The molecular formula is C24H24FN3O5S. The second-order valence-corrected chi connectivity index (χ2v) is 9.07. The summed E-state index contributed by atoms with van der Waals surface area (Å²) in [6, 6.07) is 16.3. The van der Waals surface area contributed by atoms with Crippen molar-refractivity contribution >= 4 is 27.8 Å². The van der Waals surface area contributed by atoms with Crippen molar-refractivity contribution in [3.05, 3.63) is 83.7 Å². The van der Waals surface area contributed by atoms with E-state index in [0.29, 0.717) is 17.1 Å². The maximum Gasteiger partial charge on any atom is 0.264 e. The Morgan fingerprint density at radius 3 is 2.26 bits per heavy atom. The maximum absolute atomic E-state index is 13.5. The molecule has 0 saturated carbocycles. The molecule has 0 unspecified atom stereocenters. The minimum absolute atomic E-state index is 0.0236. The predicted octanol–water partition coefficient (Wildman–Crippen LogP) is 3.50. The molecule has 8 nitrogen and oxygen atoms in total. The number of ether oxygens (including phenoxy) is 2. The number of sulfonamides is 1. The predicted molar refractivity (Wildman–Crippen MR) is 127 cm³/mol. The Morgan fingerprint density at radius 2 is 1.65 bits per heavy atom. The molecular weight excluding hydrogens is 461 g/mol. The molecule has 0 radical (unpaired) electrons. The van der Waals surface area contributed by atoms with Crippen molar-refractivity contribution in [2.24, 2.45) is 5.10 Å². The van der Waals surface area contributed by atoms with Crippen LogP contribution in [-0.2, 0) is 14.8 Å². The lowest BCUT2D eigenvalue weighted by molar-refractivity contribution is -0.119. The van der Waals surface area contributed by atoms with E-state index in [-0.39, 0.29) is 10.6 Å². The number of amides is 1. The highest BCUT2D eigenvalue weighted by molar-refractivity contribution is 7.92. The van der Waals surface area contributed by atoms with Crippen molar-refractivity contribution in [3.63, 3.8) is 0 Å². The average molecular weight is 486 g/mol. The van der Waals surface area contributed by atoms with Crippen molar-refractivity contribution in [2.75, 3.05) is 25.1 Å². The van der Waals surface area contributed by atoms with Gasteiger partial charge in [0.25, 0.3) is 15.9 Å². The Labute approximate surface area is 197 Å². The summed E-state index contributed by atoms with van der Waals surface area (Å²) >= 11 is 0.